The lowest BCUT2D eigenvalue weighted by atomic mass is 9.51. The van der Waals surface area contributed by atoms with Crippen molar-refractivity contribution in [2.75, 3.05) is 0 Å². The Morgan fingerprint density at radius 2 is 1.00 bits per heavy atom. The second-order valence-electron chi connectivity index (χ2n) is 14.0. The van der Waals surface area contributed by atoms with E-state index in [0.717, 1.165) is 45.0 Å². The molecule has 0 saturated carbocycles. The highest BCUT2D eigenvalue weighted by Crippen LogP contribution is 2.40. The van der Waals surface area contributed by atoms with Crippen molar-refractivity contribution in [3.8, 4) is 34.1 Å². The first kappa shape index (κ1) is 30.1. The van der Waals surface area contributed by atoms with Gasteiger partial charge in [0.25, 0.3) is 0 Å². The molecule has 1 aromatic heterocycles. The molecule has 0 spiro atoms. The van der Waals surface area contributed by atoms with Crippen molar-refractivity contribution in [1.29, 1.82) is 0 Å². The van der Waals surface area contributed by atoms with Crippen LogP contribution in [0.3, 0.4) is 0 Å². The lowest BCUT2D eigenvalue weighted by molar-refractivity contribution is 0.479. The Morgan fingerprint density at radius 3 is 1.62 bits per heavy atom. The molecule has 3 nitrogen and oxygen atoms in total. The first-order valence-corrected chi connectivity index (χ1v) is 20.2. The number of hydrogen-bond donors (Lipinski definition) is 0. The highest BCUT2D eigenvalue weighted by Gasteiger charge is 2.44. The number of nitrogens with zero attached hydrogens (tertiary/aromatic N) is 1. The fraction of sp³-hybridized carbons (Fsp3) is 0. The van der Waals surface area contributed by atoms with Crippen LogP contribution in [0.5, 0.6) is 17.2 Å². The molecule has 0 N–H and O–H groups in total. The van der Waals surface area contributed by atoms with Crippen LogP contribution in [0.25, 0.3) is 38.6 Å². The van der Waals surface area contributed by atoms with Crippen LogP contribution < -0.4 is 41.1 Å². The molecule has 0 unspecified atom stereocenters. The zero-order valence-electron chi connectivity index (χ0n) is 28.8. The zero-order valence-corrected chi connectivity index (χ0v) is 29.8. The van der Waals surface area contributed by atoms with E-state index in [9.17, 15) is 0 Å². The predicted molar refractivity (Wildman–Crippen MR) is 222 cm³/mol. The van der Waals surface area contributed by atoms with Crippen molar-refractivity contribution >= 4 is 68.5 Å². The third-order valence-electron chi connectivity index (χ3n) is 11.2. The third-order valence-corrected chi connectivity index (χ3v) is 16.0. The van der Waals surface area contributed by atoms with E-state index in [1.165, 1.54) is 42.6 Å². The normalized spacial score (nSPS) is 12.8. The summed E-state index contributed by atoms with van der Waals surface area (Å²) in [6.07, 6.45) is 0. The van der Waals surface area contributed by atoms with Crippen LogP contribution in [0.1, 0.15) is 0 Å². The Labute approximate surface area is 309 Å². The molecule has 248 valence electrons. The maximum atomic E-state index is 7.05. The van der Waals surface area contributed by atoms with Gasteiger partial charge in [-0.2, -0.15) is 0 Å². The van der Waals surface area contributed by atoms with Crippen LogP contribution in [-0.2, 0) is 0 Å². The summed E-state index contributed by atoms with van der Waals surface area (Å²) in [5.74, 6) is 2.55. The molecule has 8 aromatic carbocycles. The smallest absolute Gasteiger partial charge is 0.434 e. The second-order valence-corrected chi connectivity index (χ2v) is 17.8. The van der Waals surface area contributed by atoms with Crippen molar-refractivity contribution in [1.82, 2.24) is 4.57 Å². The van der Waals surface area contributed by atoms with Crippen LogP contribution in [0.4, 0.5) is 0 Å². The Balaban J connectivity index is 1.07. The zero-order chi connectivity index (χ0) is 34.9. The van der Waals surface area contributed by atoms with Crippen molar-refractivity contribution in [3.63, 3.8) is 0 Å². The maximum Gasteiger partial charge on any atom is 0.434 e. The number of hydrogen-bond acceptors (Lipinski definition) is 2. The largest absolute Gasteiger partial charge is 0.551 e. The van der Waals surface area contributed by atoms with E-state index in [0.29, 0.717) is 0 Å². The lowest BCUT2D eigenvalue weighted by Crippen LogP contribution is -2.74. The molecule has 53 heavy (non-hydrogen) atoms. The van der Waals surface area contributed by atoms with Gasteiger partial charge in [0.15, 0.2) is 8.07 Å². The second kappa shape index (κ2) is 11.7. The van der Waals surface area contributed by atoms with Crippen LogP contribution in [0, 0.1) is 0 Å². The molecule has 0 atom stereocenters. The van der Waals surface area contributed by atoms with E-state index in [2.05, 4.69) is 199 Å². The lowest BCUT2D eigenvalue weighted by Gasteiger charge is -2.36. The van der Waals surface area contributed by atoms with Crippen molar-refractivity contribution in [2.45, 2.75) is 0 Å². The van der Waals surface area contributed by atoms with Crippen LogP contribution in [0.15, 0.2) is 194 Å². The van der Waals surface area contributed by atoms with Gasteiger partial charge in [0.1, 0.15) is 17.2 Å². The molecule has 0 fully saturated rings. The van der Waals surface area contributed by atoms with E-state index in [1.807, 2.05) is 0 Å². The summed E-state index contributed by atoms with van der Waals surface area (Å²) in [6, 6.07) is 70.3. The van der Waals surface area contributed by atoms with E-state index in [4.69, 9.17) is 9.39 Å². The highest BCUT2D eigenvalue weighted by atomic mass is 28.3. The van der Waals surface area contributed by atoms with E-state index in [1.54, 1.807) is 0 Å². The van der Waals surface area contributed by atoms with Gasteiger partial charge in [0.2, 0.25) is 0 Å². The summed E-state index contributed by atoms with van der Waals surface area (Å²) in [4.78, 5) is 0. The number of para-hydroxylation sites is 2. The minimum Gasteiger partial charge on any atom is -0.551 e. The summed E-state index contributed by atoms with van der Waals surface area (Å²) < 4.78 is 16.2. The molecule has 2 aliphatic heterocycles. The van der Waals surface area contributed by atoms with Crippen LogP contribution in [-0.4, -0.2) is 19.6 Å². The molecular formula is C48H32BNO2Si. The fourth-order valence-corrected chi connectivity index (χ4v) is 13.7. The van der Waals surface area contributed by atoms with Crippen LogP contribution >= 0.6 is 0 Å². The molecule has 0 bridgehead atoms. The van der Waals surface area contributed by atoms with Gasteiger partial charge >= 0.3 is 6.92 Å². The molecule has 0 radical (unpaired) electrons. The van der Waals surface area contributed by atoms with Crippen molar-refractivity contribution in [3.05, 3.63) is 194 Å². The quantitative estimate of drug-likeness (QED) is 0.138. The Bertz CT molecular complexity index is 2700. The monoisotopic (exact) mass is 693 g/mol. The Morgan fingerprint density at radius 1 is 0.415 bits per heavy atom. The Kier molecular flexibility index (Phi) is 6.67. The van der Waals surface area contributed by atoms with Gasteiger partial charge in [-0.15, -0.1) is 0 Å². The van der Waals surface area contributed by atoms with Crippen molar-refractivity contribution in [2.24, 2.45) is 0 Å². The molecular weight excluding hydrogens is 661 g/mol. The van der Waals surface area contributed by atoms with Gasteiger partial charge in [-0.3, -0.25) is 0 Å². The average Bonchev–Trinajstić information content (AvgIpc) is 3.57. The van der Waals surface area contributed by atoms with Crippen molar-refractivity contribution < 1.29 is 9.39 Å². The van der Waals surface area contributed by atoms with E-state index < -0.39 is 8.07 Å². The topological polar surface area (TPSA) is 23.4 Å². The van der Waals surface area contributed by atoms with Gasteiger partial charge in [-0.25, -0.2) is 0 Å². The number of benzene rings is 8. The first-order valence-electron chi connectivity index (χ1n) is 18.2. The van der Waals surface area contributed by atoms with Gasteiger partial charge in [-0.1, -0.05) is 158 Å². The molecule has 0 saturated heterocycles. The molecule has 9 aromatic rings. The number of rotatable bonds is 5. The minimum atomic E-state index is -2.72. The highest BCUT2D eigenvalue weighted by molar-refractivity contribution is 7.20. The summed E-state index contributed by atoms with van der Waals surface area (Å²) in [5.41, 5.74) is 7.78. The number of aromatic nitrogens is 1. The van der Waals surface area contributed by atoms with Gasteiger partial charge < -0.3 is 14.0 Å². The number of fused-ring (bicyclic) bond motifs is 7. The first-order chi connectivity index (χ1) is 26.3. The summed E-state index contributed by atoms with van der Waals surface area (Å²) >= 11 is 0. The minimum absolute atomic E-state index is 0.283. The Hall–Kier alpha value is -6.56. The standard InChI is InChI=1S/C48H32BNO2Si/c1-4-15-34(16-5-1)53(35-17-6-2-7-18-35,36-19-8-3-9-20-36)37-28-30-45-41(32-37)40-23-14-26-46-48(40)49(52-45)42-29-27-33(31-47(42)51-46)50-43-24-12-10-21-38(43)39-22-11-13-25-44(39)50/h1-32H. The molecule has 3 heterocycles. The maximum absolute atomic E-state index is 7.05. The molecule has 0 aliphatic carbocycles. The number of ether oxygens (including phenoxy) is 1. The molecule has 0 amide bonds. The van der Waals surface area contributed by atoms with E-state index in [-0.39, 0.29) is 6.92 Å². The van der Waals surface area contributed by atoms with Gasteiger partial charge in [-0.05, 0) is 56.6 Å². The third kappa shape index (κ3) is 4.41. The van der Waals surface area contributed by atoms with Gasteiger partial charge in [0.05, 0.1) is 11.0 Å². The van der Waals surface area contributed by atoms with E-state index >= 15 is 0 Å². The molecule has 5 heteroatoms. The predicted octanol–water partition coefficient (Wildman–Crippen LogP) is 7.43. The summed E-state index contributed by atoms with van der Waals surface area (Å²) in [6.45, 7) is -0.283. The SMILES string of the molecule is c1ccc([Si](c2ccccc2)(c2ccccc2)c2ccc3c(c2)-c2cccc4c2B(O3)c2ccc(-n3c5ccccc5c5ccccc53)cc2O4)cc1. The van der Waals surface area contributed by atoms with Gasteiger partial charge in [0, 0.05) is 39.0 Å². The van der Waals surface area contributed by atoms with Crippen LogP contribution in [0.2, 0.25) is 0 Å². The molecule has 11 rings (SSSR count). The summed E-state index contributed by atoms with van der Waals surface area (Å²) in [7, 11) is -2.72. The molecule has 2 aliphatic rings. The fourth-order valence-electron chi connectivity index (χ4n) is 8.97. The summed E-state index contributed by atoms with van der Waals surface area (Å²) in [5, 5.41) is 7.83. The average molecular weight is 694 g/mol.